The van der Waals surface area contributed by atoms with Crippen molar-refractivity contribution in [3.8, 4) is 11.4 Å². The zero-order valence-electron chi connectivity index (χ0n) is 21.0. The second kappa shape index (κ2) is 11.8. The van der Waals surface area contributed by atoms with Gasteiger partial charge in [0.2, 0.25) is 17.6 Å². The van der Waals surface area contributed by atoms with Gasteiger partial charge >= 0.3 is 0 Å². The highest BCUT2D eigenvalue weighted by Crippen LogP contribution is 2.21. The van der Waals surface area contributed by atoms with Crippen LogP contribution in [0.4, 0.5) is 0 Å². The number of aromatic nitrogens is 2. The Morgan fingerprint density at radius 3 is 2.69 bits per heavy atom. The number of ether oxygens (including phenoxy) is 1. The van der Waals surface area contributed by atoms with Crippen molar-refractivity contribution in [2.24, 2.45) is 5.92 Å². The topological polar surface area (TPSA) is 83.7 Å². The minimum atomic E-state index is -0.0377. The maximum absolute atomic E-state index is 13.1. The zero-order valence-corrected chi connectivity index (χ0v) is 21.0. The molecule has 1 N–H and O–H groups in total. The minimum absolute atomic E-state index is 0.0377. The van der Waals surface area contributed by atoms with Crippen LogP contribution < -0.4 is 5.32 Å². The molecule has 0 spiro atoms. The van der Waals surface area contributed by atoms with Crippen molar-refractivity contribution in [2.75, 3.05) is 39.4 Å². The Hall–Kier alpha value is -3.07. The number of carbonyl (C=O) groups excluding carboxylic acids is 1. The molecule has 2 saturated heterocycles. The number of hydrogen-bond acceptors (Lipinski definition) is 7. The highest BCUT2D eigenvalue weighted by molar-refractivity contribution is 5.79. The molecule has 1 unspecified atom stereocenters. The molecule has 3 aromatic rings. The first-order valence-corrected chi connectivity index (χ1v) is 12.9. The molecule has 0 radical (unpaired) electrons. The lowest BCUT2D eigenvalue weighted by Crippen LogP contribution is -2.42. The van der Waals surface area contributed by atoms with Crippen molar-refractivity contribution in [3.63, 3.8) is 0 Å². The molecule has 1 aromatic heterocycles. The van der Waals surface area contributed by atoms with Gasteiger partial charge in [0.15, 0.2) is 0 Å². The molecular formula is C28H35N5O3. The molecule has 2 aliphatic heterocycles. The van der Waals surface area contributed by atoms with Gasteiger partial charge in [0.25, 0.3) is 0 Å². The molecule has 5 rings (SSSR count). The van der Waals surface area contributed by atoms with Gasteiger partial charge in [0, 0.05) is 38.3 Å². The van der Waals surface area contributed by atoms with E-state index >= 15 is 0 Å². The van der Waals surface area contributed by atoms with Crippen molar-refractivity contribution in [1.82, 2.24) is 25.3 Å². The number of piperidine rings is 1. The van der Waals surface area contributed by atoms with E-state index in [1.54, 1.807) is 0 Å². The lowest BCUT2D eigenvalue weighted by molar-refractivity contribution is -0.127. The minimum Gasteiger partial charge on any atom is -0.379 e. The van der Waals surface area contributed by atoms with Crippen LogP contribution in [0.15, 0.2) is 53.1 Å². The van der Waals surface area contributed by atoms with Crippen LogP contribution in [0, 0.1) is 12.8 Å². The van der Waals surface area contributed by atoms with Gasteiger partial charge in [-0.05, 0) is 43.5 Å². The Bertz CT molecular complexity index is 1160. The molecule has 36 heavy (non-hydrogen) atoms. The fourth-order valence-electron chi connectivity index (χ4n) is 5.04. The van der Waals surface area contributed by atoms with Crippen LogP contribution in [0.3, 0.4) is 0 Å². The summed E-state index contributed by atoms with van der Waals surface area (Å²) >= 11 is 0. The van der Waals surface area contributed by atoms with Gasteiger partial charge in [-0.1, -0.05) is 53.2 Å². The van der Waals surface area contributed by atoms with E-state index in [1.165, 1.54) is 11.1 Å². The molecule has 2 aromatic carbocycles. The van der Waals surface area contributed by atoms with E-state index in [4.69, 9.17) is 9.26 Å². The number of rotatable bonds is 8. The molecule has 2 aliphatic rings. The maximum atomic E-state index is 13.1. The first-order chi connectivity index (χ1) is 17.6. The van der Waals surface area contributed by atoms with E-state index in [0.29, 0.717) is 31.3 Å². The van der Waals surface area contributed by atoms with Crippen molar-refractivity contribution in [2.45, 2.75) is 39.4 Å². The standard InChI is InChI=1S/C28H35N5O3/c1-21-6-4-9-22(16-21)27-30-26(36-31-27)20-33-11-5-10-25(19-33)28(34)29-17-23-7-2-3-8-24(23)18-32-12-14-35-15-13-32/h2-4,6-9,16,25H,5,10-15,17-20H2,1H3,(H,29,34). The first kappa shape index (κ1) is 24.6. The predicted octanol–water partition coefficient (Wildman–Crippen LogP) is 3.41. The van der Waals surface area contributed by atoms with E-state index < -0.39 is 0 Å². The second-order valence-corrected chi connectivity index (χ2v) is 9.83. The van der Waals surface area contributed by atoms with Gasteiger partial charge in [-0.2, -0.15) is 4.98 Å². The number of carbonyl (C=O) groups is 1. The zero-order chi connectivity index (χ0) is 24.7. The molecule has 0 bridgehead atoms. The predicted molar refractivity (Wildman–Crippen MR) is 137 cm³/mol. The Balaban J connectivity index is 1.14. The van der Waals surface area contributed by atoms with Crippen LogP contribution in [-0.4, -0.2) is 65.2 Å². The Labute approximate surface area is 212 Å². The van der Waals surface area contributed by atoms with E-state index in [-0.39, 0.29) is 11.8 Å². The van der Waals surface area contributed by atoms with E-state index in [9.17, 15) is 4.79 Å². The third-order valence-electron chi connectivity index (χ3n) is 7.05. The van der Waals surface area contributed by atoms with E-state index in [2.05, 4.69) is 49.5 Å². The van der Waals surface area contributed by atoms with Crippen LogP contribution >= 0.6 is 0 Å². The molecule has 0 aliphatic carbocycles. The van der Waals surface area contributed by atoms with Gasteiger partial charge in [0.1, 0.15) is 0 Å². The molecule has 8 heteroatoms. The van der Waals surface area contributed by atoms with Crippen LogP contribution in [0.1, 0.15) is 35.4 Å². The van der Waals surface area contributed by atoms with Gasteiger partial charge in [-0.3, -0.25) is 14.6 Å². The molecule has 190 valence electrons. The van der Waals surface area contributed by atoms with E-state index in [1.807, 2.05) is 31.2 Å². The molecule has 1 atom stereocenters. The summed E-state index contributed by atoms with van der Waals surface area (Å²) in [4.78, 5) is 22.3. The van der Waals surface area contributed by atoms with Crippen molar-refractivity contribution >= 4 is 5.91 Å². The molecule has 2 fully saturated rings. The number of nitrogens with zero attached hydrogens (tertiary/aromatic N) is 4. The van der Waals surface area contributed by atoms with Crippen LogP contribution in [0.25, 0.3) is 11.4 Å². The lowest BCUT2D eigenvalue weighted by atomic mass is 9.97. The van der Waals surface area contributed by atoms with E-state index in [0.717, 1.165) is 63.4 Å². The number of nitrogens with one attached hydrogen (secondary N) is 1. The largest absolute Gasteiger partial charge is 0.379 e. The van der Waals surface area contributed by atoms with Crippen LogP contribution in [0.2, 0.25) is 0 Å². The summed E-state index contributed by atoms with van der Waals surface area (Å²) in [6.07, 6.45) is 1.88. The quantitative estimate of drug-likeness (QED) is 0.519. The fraction of sp³-hybridized carbons (Fsp3) is 0.464. The average molecular weight is 490 g/mol. The first-order valence-electron chi connectivity index (χ1n) is 12.9. The summed E-state index contributed by atoms with van der Waals surface area (Å²) in [5.41, 5.74) is 4.56. The number of benzene rings is 2. The summed E-state index contributed by atoms with van der Waals surface area (Å²) in [6.45, 7) is 9.15. The number of morpholine rings is 1. The Kier molecular flexibility index (Phi) is 8.05. The number of likely N-dealkylation sites (tertiary alicyclic amines) is 1. The SMILES string of the molecule is Cc1cccc(-c2noc(CN3CCCC(C(=O)NCc4ccccc4CN4CCOCC4)C3)n2)c1. The third kappa shape index (κ3) is 6.37. The average Bonchev–Trinajstić information content (AvgIpc) is 3.37. The smallest absolute Gasteiger partial charge is 0.241 e. The highest BCUT2D eigenvalue weighted by atomic mass is 16.5. The van der Waals surface area contributed by atoms with Crippen molar-refractivity contribution in [3.05, 3.63) is 71.1 Å². The summed E-state index contributed by atoms with van der Waals surface area (Å²) in [5, 5.41) is 7.36. The summed E-state index contributed by atoms with van der Waals surface area (Å²) in [5.74, 6) is 1.27. The highest BCUT2D eigenvalue weighted by Gasteiger charge is 2.27. The van der Waals surface area contributed by atoms with Crippen molar-refractivity contribution in [1.29, 1.82) is 0 Å². The lowest BCUT2D eigenvalue weighted by Gasteiger charge is -2.31. The third-order valence-corrected chi connectivity index (χ3v) is 7.05. The number of aryl methyl sites for hydroxylation is 1. The van der Waals surface area contributed by atoms with Gasteiger partial charge in [-0.15, -0.1) is 0 Å². The molecule has 3 heterocycles. The maximum Gasteiger partial charge on any atom is 0.241 e. The molecule has 8 nitrogen and oxygen atoms in total. The summed E-state index contributed by atoms with van der Waals surface area (Å²) < 4.78 is 11.0. The summed E-state index contributed by atoms with van der Waals surface area (Å²) in [7, 11) is 0. The fourth-order valence-corrected chi connectivity index (χ4v) is 5.04. The van der Waals surface area contributed by atoms with Crippen LogP contribution in [-0.2, 0) is 29.2 Å². The van der Waals surface area contributed by atoms with Gasteiger partial charge < -0.3 is 14.6 Å². The molecule has 1 amide bonds. The number of amides is 1. The monoisotopic (exact) mass is 489 g/mol. The van der Waals surface area contributed by atoms with Gasteiger partial charge in [-0.25, -0.2) is 0 Å². The Morgan fingerprint density at radius 2 is 1.86 bits per heavy atom. The van der Waals surface area contributed by atoms with Crippen molar-refractivity contribution < 1.29 is 14.1 Å². The normalized spacial score (nSPS) is 19.3. The Morgan fingerprint density at radius 1 is 1.03 bits per heavy atom. The van der Waals surface area contributed by atoms with Crippen LogP contribution in [0.5, 0.6) is 0 Å². The molecule has 0 saturated carbocycles. The number of hydrogen-bond donors (Lipinski definition) is 1. The molecular weight excluding hydrogens is 454 g/mol. The van der Waals surface area contributed by atoms with Gasteiger partial charge in [0.05, 0.1) is 25.7 Å². The second-order valence-electron chi connectivity index (χ2n) is 9.83. The summed E-state index contributed by atoms with van der Waals surface area (Å²) in [6, 6.07) is 16.5.